The molecule has 1 heterocycles. The fourth-order valence-corrected chi connectivity index (χ4v) is 5.77. The van der Waals surface area contributed by atoms with Crippen molar-refractivity contribution in [2.24, 2.45) is 0 Å². The van der Waals surface area contributed by atoms with Crippen molar-refractivity contribution in [1.29, 1.82) is 0 Å². The summed E-state index contributed by atoms with van der Waals surface area (Å²) in [6.45, 7) is 2.96. The number of rotatable bonds is 18. The Kier molecular flexibility index (Phi) is 12.2. The van der Waals surface area contributed by atoms with Gasteiger partial charge in [0.15, 0.2) is 5.43 Å². The monoisotopic (exact) mass is 660 g/mol. The summed E-state index contributed by atoms with van der Waals surface area (Å²) >= 11 is 5.69. The lowest BCUT2D eigenvalue weighted by atomic mass is 9.91. The first-order chi connectivity index (χ1) is 22.9. The zero-order valence-electron chi connectivity index (χ0n) is 26.9. The Morgan fingerprint density at radius 1 is 0.851 bits per heavy atom. The van der Waals surface area contributed by atoms with E-state index in [1.807, 2.05) is 55.4 Å². The van der Waals surface area contributed by atoms with Crippen LogP contribution in [0, 0.1) is 0 Å². The first-order valence-corrected chi connectivity index (χ1v) is 16.4. The summed E-state index contributed by atoms with van der Waals surface area (Å²) in [6.07, 6.45) is 4.35. The molecular weight excluding hydrogens is 620 g/mol. The number of aromatic carboxylic acids is 1. The van der Waals surface area contributed by atoms with E-state index in [9.17, 15) is 14.7 Å². The van der Waals surface area contributed by atoms with Gasteiger partial charge in [-0.25, -0.2) is 4.79 Å². The van der Waals surface area contributed by atoms with Crippen LogP contribution in [-0.2, 0) is 20.9 Å². The molecule has 0 unspecified atom stereocenters. The Hall–Kier alpha value is -3.99. The topological polar surface area (TPSA) is 110 Å². The smallest absolute Gasteiger partial charge is 0.336 e. The molecule has 0 fully saturated rings. The molecule has 0 aliphatic rings. The second kappa shape index (κ2) is 16.7. The summed E-state index contributed by atoms with van der Waals surface area (Å²) < 4.78 is 17.7. The van der Waals surface area contributed by atoms with Gasteiger partial charge in [-0.05, 0) is 77.9 Å². The maximum atomic E-state index is 12.5. The zero-order chi connectivity index (χ0) is 33.2. The number of hydrogen-bond donors (Lipinski definition) is 2. The van der Waals surface area contributed by atoms with Crippen molar-refractivity contribution in [2.45, 2.75) is 32.3 Å². The Labute approximate surface area is 278 Å². The number of alkyl halides is 1. The van der Waals surface area contributed by atoms with Crippen molar-refractivity contribution in [1.82, 2.24) is 5.48 Å². The molecule has 1 aromatic heterocycles. The number of anilines is 1. The standard InChI is InChI=1S/C37H41ClN2O7/c1-40(2)27-9-13-31-34(23-27)47-36-29-14-10-28(41)22-26(29)8-12-32(36)35(31)33-21-25(7-11-30(33)37(42)43)24-46-39-16-18-45-20-19-44-17-6-4-3-5-15-38/h7-14,21-23,39H,3-6,15-20,24H2,1-2H3,(H,42,43). The number of nitrogens with one attached hydrogen (secondary N) is 1. The number of hydroxylamine groups is 1. The van der Waals surface area contributed by atoms with Gasteiger partial charge < -0.3 is 23.9 Å². The highest BCUT2D eigenvalue weighted by Crippen LogP contribution is 2.41. The minimum Gasteiger partial charge on any atom is -0.478 e. The predicted octanol–water partition coefficient (Wildman–Crippen LogP) is 7.38. The van der Waals surface area contributed by atoms with Crippen LogP contribution >= 0.6 is 11.6 Å². The predicted molar refractivity (Wildman–Crippen MR) is 188 cm³/mol. The lowest BCUT2D eigenvalue weighted by Gasteiger charge is -2.18. The van der Waals surface area contributed by atoms with Gasteiger partial charge in [-0.2, -0.15) is 5.48 Å². The molecular formula is C37H41ClN2O7. The van der Waals surface area contributed by atoms with Crippen molar-refractivity contribution in [3.8, 4) is 11.1 Å². The molecule has 5 rings (SSSR count). The number of ether oxygens (including phenoxy) is 2. The Bertz CT molecular complexity index is 1890. The van der Waals surface area contributed by atoms with E-state index in [0.29, 0.717) is 49.0 Å². The van der Waals surface area contributed by atoms with Crippen LogP contribution < -0.4 is 15.8 Å². The normalized spacial score (nSPS) is 11.6. The average molecular weight is 661 g/mol. The number of carboxylic acid groups (broad SMARTS) is 1. The lowest BCUT2D eigenvalue weighted by molar-refractivity contribution is -0.000850. The van der Waals surface area contributed by atoms with Crippen molar-refractivity contribution >= 4 is 56.0 Å². The first kappa shape index (κ1) is 34.3. The van der Waals surface area contributed by atoms with Crippen molar-refractivity contribution in [3.05, 3.63) is 88.1 Å². The third-order valence-electron chi connectivity index (χ3n) is 7.99. The lowest BCUT2D eigenvalue weighted by Crippen LogP contribution is -2.21. The fourth-order valence-electron chi connectivity index (χ4n) is 5.58. The van der Waals surface area contributed by atoms with E-state index in [2.05, 4.69) is 5.48 Å². The SMILES string of the molecule is CN(C)c1ccc2c(-c3cc(CONCCOCCOCCCCCCCl)ccc3C(=O)O)c3ccc4cc(=O)ccc4c3oc2c1. The highest BCUT2D eigenvalue weighted by molar-refractivity contribution is 6.18. The molecule has 248 valence electrons. The highest BCUT2D eigenvalue weighted by atomic mass is 35.5. The number of nitrogens with zero attached hydrogens (tertiary/aromatic N) is 1. The quantitative estimate of drug-likeness (QED) is 0.0327. The van der Waals surface area contributed by atoms with Gasteiger partial charge in [-0.15, -0.1) is 11.6 Å². The zero-order valence-corrected chi connectivity index (χ0v) is 27.6. The number of benzene rings is 4. The molecule has 0 aliphatic carbocycles. The largest absolute Gasteiger partial charge is 0.478 e. The highest BCUT2D eigenvalue weighted by Gasteiger charge is 2.21. The number of fused-ring (bicyclic) bond motifs is 4. The Balaban J connectivity index is 1.33. The van der Waals surface area contributed by atoms with E-state index in [-0.39, 0.29) is 17.6 Å². The Morgan fingerprint density at radius 3 is 2.40 bits per heavy atom. The third-order valence-corrected chi connectivity index (χ3v) is 8.26. The molecule has 0 bridgehead atoms. The van der Waals surface area contributed by atoms with E-state index in [0.717, 1.165) is 70.6 Å². The number of carbonyl (C=O) groups is 1. The first-order valence-electron chi connectivity index (χ1n) is 15.9. The van der Waals surface area contributed by atoms with E-state index < -0.39 is 5.97 Å². The minimum atomic E-state index is -1.04. The van der Waals surface area contributed by atoms with E-state index in [1.54, 1.807) is 24.3 Å². The number of hydrogen-bond acceptors (Lipinski definition) is 8. The Morgan fingerprint density at radius 2 is 1.62 bits per heavy atom. The maximum absolute atomic E-state index is 12.5. The van der Waals surface area contributed by atoms with Gasteiger partial charge in [-0.3, -0.25) is 9.63 Å². The summed E-state index contributed by atoms with van der Waals surface area (Å²) in [7, 11) is 3.89. The fraction of sp³-hybridized carbons (Fsp3) is 0.351. The van der Waals surface area contributed by atoms with Crippen molar-refractivity contribution in [3.63, 3.8) is 0 Å². The molecule has 0 saturated carbocycles. The third kappa shape index (κ3) is 8.68. The van der Waals surface area contributed by atoms with Gasteiger partial charge in [0.2, 0.25) is 0 Å². The van der Waals surface area contributed by atoms with Gasteiger partial charge in [0.05, 0.1) is 32.0 Å². The summed E-state index contributed by atoms with van der Waals surface area (Å²) in [4.78, 5) is 32.3. The molecule has 2 N–H and O–H groups in total. The molecule has 0 atom stereocenters. The summed E-state index contributed by atoms with van der Waals surface area (Å²) in [5, 5.41) is 13.3. The van der Waals surface area contributed by atoms with Crippen LogP contribution in [0.25, 0.3) is 43.8 Å². The molecule has 0 aliphatic heterocycles. The van der Waals surface area contributed by atoms with Crippen LogP contribution in [0.5, 0.6) is 0 Å². The van der Waals surface area contributed by atoms with E-state index in [1.165, 1.54) is 6.07 Å². The second-order valence-electron chi connectivity index (χ2n) is 11.6. The molecule has 47 heavy (non-hydrogen) atoms. The van der Waals surface area contributed by atoms with Gasteiger partial charge in [-0.1, -0.05) is 25.0 Å². The van der Waals surface area contributed by atoms with Gasteiger partial charge in [0, 0.05) is 66.6 Å². The van der Waals surface area contributed by atoms with Gasteiger partial charge in [0.25, 0.3) is 0 Å². The maximum Gasteiger partial charge on any atom is 0.336 e. The summed E-state index contributed by atoms with van der Waals surface area (Å²) in [5.74, 6) is -0.325. The van der Waals surface area contributed by atoms with Gasteiger partial charge >= 0.3 is 5.97 Å². The number of carboxylic acids is 1. The van der Waals surface area contributed by atoms with Crippen LogP contribution in [0.1, 0.15) is 41.6 Å². The number of halogens is 1. The molecule has 5 aromatic rings. The van der Waals surface area contributed by atoms with Crippen molar-refractivity contribution < 1.29 is 28.6 Å². The van der Waals surface area contributed by atoms with Crippen LogP contribution in [0.15, 0.2) is 75.9 Å². The summed E-state index contributed by atoms with van der Waals surface area (Å²) in [6, 6.07) is 19.7. The van der Waals surface area contributed by atoms with Gasteiger partial charge in [0.1, 0.15) is 11.2 Å². The van der Waals surface area contributed by atoms with E-state index >= 15 is 0 Å². The van der Waals surface area contributed by atoms with Crippen LogP contribution in [0.3, 0.4) is 0 Å². The molecule has 4 aromatic carbocycles. The molecule has 9 nitrogen and oxygen atoms in total. The van der Waals surface area contributed by atoms with E-state index in [4.69, 9.17) is 30.3 Å². The summed E-state index contributed by atoms with van der Waals surface area (Å²) in [5.41, 5.74) is 7.18. The number of unbranched alkanes of at least 4 members (excludes halogenated alkanes) is 3. The molecule has 0 saturated heterocycles. The molecule has 0 spiro atoms. The minimum absolute atomic E-state index is 0.0945. The molecule has 10 heteroatoms. The molecule has 0 amide bonds. The molecule has 0 radical (unpaired) electrons. The second-order valence-corrected chi connectivity index (χ2v) is 12.0. The average Bonchev–Trinajstić information content (AvgIpc) is 3.06. The van der Waals surface area contributed by atoms with Crippen LogP contribution in [-0.4, -0.2) is 64.0 Å². The van der Waals surface area contributed by atoms with Crippen molar-refractivity contribution in [2.75, 3.05) is 57.8 Å². The van der Waals surface area contributed by atoms with Crippen LogP contribution in [0.4, 0.5) is 5.69 Å². The van der Waals surface area contributed by atoms with Crippen LogP contribution in [0.2, 0.25) is 0 Å².